The number of ether oxygens (including phenoxy) is 1. The zero-order valence-electron chi connectivity index (χ0n) is 15.3. The third-order valence-electron chi connectivity index (χ3n) is 5.14. The molecule has 0 fully saturated rings. The minimum absolute atomic E-state index is 0. The van der Waals surface area contributed by atoms with Crippen LogP contribution < -0.4 is 0 Å². The van der Waals surface area contributed by atoms with Crippen LogP contribution in [0.4, 0.5) is 0 Å². The molecule has 0 saturated carbocycles. The summed E-state index contributed by atoms with van der Waals surface area (Å²) in [5.41, 5.74) is 4.93. The van der Waals surface area contributed by atoms with E-state index in [1.807, 2.05) is 29.1 Å². The summed E-state index contributed by atoms with van der Waals surface area (Å²) >= 11 is 0. The Balaban J connectivity index is 0.00000210. The highest BCUT2D eigenvalue weighted by Crippen LogP contribution is 2.45. The van der Waals surface area contributed by atoms with Gasteiger partial charge in [-0.15, -0.1) is 12.4 Å². The van der Waals surface area contributed by atoms with Gasteiger partial charge < -0.3 is 4.74 Å². The molecule has 138 valence electrons. The van der Waals surface area contributed by atoms with Crippen molar-refractivity contribution in [3.05, 3.63) is 88.7 Å². The van der Waals surface area contributed by atoms with E-state index in [9.17, 15) is 5.26 Å². The summed E-state index contributed by atoms with van der Waals surface area (Å²) in [5.74, 6) is 0. The maximum absolute atomic E-state index is 9.19. The van der Waals surface area contributed by atoms with Gasteiger partial charge in [0, 0.05) is 18.9 Å². The first-order valence-corrected chi connectivity index (χ1v) is 8.93. The highest BCUT2D eigenvalue weighted by molar-refractivity contribution is 5.85. The molecule has 0 amide bonds. The lowest BCUT2D eigenvalue weighted by Crippen LogP contribution is -2.27. The predicted molar refractivity (Wildman–Crippen MR) is 107 cm³/mol. The Bertz CT molecular complexity index is 945. The Morgan fingerprint density at radius 1 is 1.22 bits per heavy atom. The standard InChI is InChI=1S/C22H21N3O.ClH/c1-17-4-7-20(8-5-17)22(10-2-12-25-13-3-11-24-25)21-9-6-18(15-23)14-19(21)16-26-22;/h3-9,11,13-14H,2,10,12,16H2,1H3;1H. The van der Waals surface area contributed by atoms with Crippen molar-refractivity contribution < 1.29 is 4.74 Å². The lowest BCUT2D eigenvalue weighted by atomic mass is 9.81. The molecule has 1 aliphatic heterocycles. The molecule has 1 aliphatic rings. The molecule has 1 unspecified atom stereocenters. The van der Waals surface area contributed by atoms with Crippen molar-refractivity contribution >= 4 is 12.4 Å². The quantitative estimate of drug-likeness (QED) is 0.643. The smallest absolute Gasteiger partial charge is 0.119 e. The number of nitriles is 1. The molecule has 4 rings (SSSR count). The SMILES string of the molecule is Cc1ccc(C2(CCCn3cccn3)OCc3cc(C#N)ccc32)cc1.Cl. The molecule has 0 spiro atoms. The van der Waals surface area contributed by atoms with E-state index in [1.165, 1.54) is 16.7 Å². The Labute approximate surface area is 165 Å². The number of nitrogens with zero attached hydrogens (tertiary/aromatic N) is 3. The lowest BCUT2D eigenvalue weighted by molar-refractivity contribution is -0.0138. The van der Waals surface area contributed by atoms with E-state index < -0.39 is 5.60 Å². The Kier molecular flexibility index (Phi) is 5.65. The van der Waals surface area contributed by atoms with Gasteiger partial charge in [-0.25, -0.2) is 0 Å². The van der Waals surface area contributed by atoms with Crippen molar-refractivity contribution in [2.24, 2.45) is 0 Å². The molecular formula is C22H22ClN3O. The van der Waals surface area contributed by atoms with Crippen LogP contribution in [0.2, 0.25) is 0 Å². The first-order valence-electron chi connectivity index (χ1n) is 8.93. The van der Waals surface area contributed by atoms with Crippen LogP contribution in [0.3, 0.4) is 0 Å². The fourth-order valence-electron chi connectivity index (χ4n) is 3.79. The van der Waals surface area contributed by atoms with Gasteiger partial charge in [-0.1, -0.05) is 35.9 Å². The Hall–Kier alpha value is -2.61. The van der Waals surface area contributed by atoms with Gasteiger partial charge in [-0.2, -0.15) is 10.4 Å². The van der Waals surface area contributed by atoms with Crippen LogP contribution in [0.1, 0.15) is 40.7 Å². The number of halogens is 1. The molecule has 3 aromatic rings. The second kappa shape index (κ2) is 7.96. The van der Waals surface area contributed by atoms with Gasteiger partial charge in [-0.3, -0.25) is 4.68 Å². The molecule has 1 aromatic heterocycles. The topological polar surface area (TPSA) is 50.8 Å². The predicted octanol–water partition coefficient (Wildman–Crippen LogP) is 4.74. The van der Waals surface area contributed by atoms with Crippen LogP contribution >= 0.6 is 12.4 Å². The minimum atomic E-state index is -0.454. The summed E-state index contributed by atoms with van der Waals surface area (Å²) in [6.07, 6.45) is 5.62. The molecule has 1 atom stereocenters. The van der Waals surface area contributed by atoms with Crippen LogP contribution in [0.5, 0.6) is 0 Å². The van der Waals surface area contributed by atoms with E-state index in [0.29, 0.717) is 12.2 Å². The van der Waals surface area contributed by atoms with E-state index in [0.717, 1.165) is 24.9 Å². The maximum Gasteiger partial charge on any atom is 0.119 e. The molecule has 0 N–H and O–H groups in total. The van der Waals surface area contributed by atoms with Crippen molar-refractivity contribution in [2.45, 2.75) is 38.5 Å². The zero-order valence-corrected chi connectivity index (χ0v) is 16.1. The van der Waals surface area contributed by atoms with Gasteiger partial charge in [-0.05, 0) is 54.7 Å². The highest BCUT2D eigenvalue weighted by atomic mass is 35.5. The third kappa shape index (κ3) is 3.62. The molecule has 27 heavy (non-hydrogen) atoms. The first-order chi connectivity index (χ1) is 12.7. The van der Waals surface area contributed by atoms with Gasteiger partial charge in [0.2, 0.25) is 0 Å². The molecular weight excluding hydrogens is 358 g/mol. The Morgan fingerprint density at radius 2 is 2.04 bits per heavy atom. The van der Waals surface area contributed by atoms with Gasteiger partial charge in [0.1, 0.15) is 5.60 Å². The number of rotatable bonds is 5. The average molecular weight is 380 g/mol. The van der Waals surface area contributed by atoms with Gasteiger partial charge in [0.25, 0.3) is 0 Å². The fourth-order valence-corrected chi connectivity index (χ4v) is 3.79. The molecule has 0 saturated heterocycles. The van der Waals surface area contributed by atoms with E-state index in [1.54, 1.807) is 6.20 Å². The first kappa shape index (κ1) is 19.2. The summed E-state index contributed by atoms with van der Waals surface area (Å²) in [7, 11) is 0. The van der Waals surface area contributed by atoms with Gasteiger partial charge in [0.05, 0.1) is 18.2 Å². The summed E-state index contributed by atoms with van der Waals surface area (Å²) in [4.78, 5) is 0. The molecule has 0 aliphatic carbocycles. The fraction of sp³-hybridized carbons (Fsp3) is 0.273. The van der Waals surface area contributed by atoms with E-state index in [-0.39, 0.29) is 12.4 Å². The van der Waals surface area contributed by atoms with Crippen molar-refractivity contribution in [1.29, 1.82) is 5.26 Å². The van der Waals surface area contributed by atoms with E-state index in [4.69, 9.17) is 4.74 Å². The van der Waals surface area contributed by atoms with Gasteiger partial charge in [0.15, 0.2) is 0 Å². The second-order valence-electron chi connectivity index (χ2n) is 6.84. The number of fused-ring (bicyclic) bond motifs is 1. The molecule has 2 aromatic carbocycles. The summed E-state index contributed by atoms with van der Waals surface area (Å²) in [6.45, 7) is 3.49. The molecule has 5 heteroatoms. The van der Waals surface area contributed by atoms with Crippen molar-refractivity contribution in [1.82, 2.24) is 9.78 Å². The summed E-state index contributed by atoms with van der Waals surface area (Å²) in [5, 5.41) is 13.5. The minimum Gasteiger partial charge on any atom is -0.361 e. The maximum atomic E-state index is 9.19. The number of hydrogen-bond acceptors (Lipinski definition) is 3. The number of benzene rings is 2. The Morgan fingerprint density at radius 3 is 2.74 bits per heavy atom. The number of aromatic nitrogens is 2. The van der Waals surface area contributed by atoms with Gasteiger partial charge >= 0.3 is 0 Å². The van der Waals surface area contributed by atoms with E-state index in [2.05, 4.69) is 48.4 Å². The van der Waals surface area contributed by atoms with Crippen molar-refractivity contribution in [3.63, 3.8) is 0 Å². The average Bonchev–Trinajstić information content (AvgIpc) is 3.31. The highest BCUT2D eigenvalue weighted by Gasteiger charge is 2.41. The monoisotopic (exact) mass is 379 g/mol. The molecule has 4 nitrogen and oxygen atoms in total. The number of hydrogen-bond donors (Lipinski definition) is 0. The zero-order chi connectivity index (χ0) is 18.0. The van der Waals surface area contributed by atoms with Crippen LogP contribution in [-0.2, 0) is 23.5 Å². The van der Waals surface area contributed by atoms with Crippen LogP contribution in [0.15, 0.2) is 60.9 Å². The van der Waals surface area contributed by atoms with E-state index >= 15 is 0 Å². The number of aryl methyl sites for hydroxylation is 2. The van der Waals surface area contributed by atoms with Crippen LogP contribution in [0.25, 0.3) is 0 Å². The molecule has 2 heterocycles. The normalized spacial score (nSPS) is 17.8. The van der Waals surface area contributed by atoms with Crippen LogP contribution in [0, 0.1) is 18.3 Å². The van der Waals surface area contributed by atoms with Crippen molar-refractivity contribution in [3.8, 4) is 6.07 Å². The largest absolute Gasteiger partial charge is 0.361 e. The summed E-state index contributed by atoms with van der Waals surface area (Å²) < 4.78 is 8.37. The molecule has 0 radical (unpaired) electrons. The second-order valence-corrected chi connectivity index (χ2v) is 6.84. The third-order valence-corrected chi connectivity index (χ3v) is 5.14. The lowest BCUT2D eigenvalue weighted by Gasteiger charge is -2.31. The summed E-state index contributed by atoms with van der Waals surface area (Å²) in [6, 6.07) is 18.7. The van der Waals surface area contributed by atoms with Crippen LogP contribution in [-0.4, -0.2) is 9.78 Å². The molecule has 0 bridgehead atoms. The van der Waals surface area contributed by atoms with Crippen molar-refractivity contribution in [2.75, 3.05) is 0 Å².